The summed E-state index contributed by atoms with van der Waals surface area (Å²) in [4.78, 5) is 24.6. The van der Waals surface area contributed by atoms with Crippen LogP contribution in [0.5, 0.6) is 0 Å². The summed E-state index contributed by atoms with van der Waals surface area (Å²) in [6.07, 6.45) is 0. The van der Waals surface area contributed by atoms with Crippen molar-refractivity contribution < 1.29 is 9.59 Å². The van der Waals surface area contributed by atoms with Crippen LogP contribution in [0.4, 0.5) is 5.69 Å². The molecule has 6 heteroatoms. The quantitative estimate of drug-likeness (QED) is 0.662. The Balaban J connectivity index is 2.52. The third-order valence-electron chi connectivity index (χ3n) is 2.34. The van der Waals surface area contributed by atoms with Crippen molar-refractivity contribution in [2.24, 2.45) is 5.73 Å². The van der Waals surface area contributed by atoms with Crippen LogP contribution in [-0.4, -0.2) is 43.9 Å². The van der Waals surface area contributed by atoms with Gasteiger partial charge in [-0.25, -0.2) is 0 Å². The van der Waals surface area contributed by atoms with Crippen LogP contribution >= 0.6 is 0 Å². The van der Waals surface area contributed by atoms with Crippen LogP contribution in [0.1, 0.15) is 5.56 Å². The summed E-state index contributed by atoms with van der Waals surface area (Å²) in [7, 11) is 3.96. The van der Waals surface area contributed by atoms with Gasteiger partial charge in [0.25, 0.3) is 0 Å². The summed E-state index contributed by atoms with van der Waals surface area (Å²) < 4.78 is 0. The van der Waals surface area contributed by atoms with Crippen molar-refractivity contribution in [2.45, 2.75) is 6.54 Å². The van der Waals surface area contributed by atoms with Gasteiger partial charge >= 0.3 is 0 Å². The zero-order valence-corrected chi connectivity index (χ0v) is 11.3. The summed E-state index contributed by atoms with van der Waals surface area (Å²) in [5.41, 5.74) is 6.95. The predicted molar refractivity (Wildman–Crippen MR) is 74.5 cm³/mol. The third kappa shape index (κ3) is 5.98. The largest absolute Gasteiger partial charge is 0.346 e. The first-order valence-electron chi connectivity index (χ1n) is 6.01. The Hall–Kier alpha value is -1.92. The van der Waals surface area contributed by atoms with Crippen molar-refractivity contribution in [1.29, 1.82) is 0 Å². The van der Waals surface area contributed by atoms with E-state index in [-0.39, 0.29) is 24.9 Å². The minimum Gasteiger partial charge on any atom is -0.346 e. The SMILES string of the molecule is CN(C)Cc1cccc(NC(=O)CNC(=O)CN)c1. The highest BCUT2D eigenvalue weighted by atomic mass is 16.2. The van der Waals surface area contributed by atoms with Gasteiger partial charge in [-0.05, 0) is 31.8 Å². The monoisotopic (exact) mass is 264 g/mol. The van der Waals surface area contributed by atoms with E-state index in [4.69, 9.17) is 5.73 Å². The summed E-state index contributed by atoms with van der Waals surface area (Å²) >= 11 is 0. The molecule has 0 bridgehead atoms. The van der Waals surface area contributed by atoms with Crippen molar-refractivity contribution >= 4 is 17.5 Å². The van der Waals surface area contributed by atoms with Gasteiger partial charge < -0.3 is 21.3 Å². The van der Waals surface area contributed by atoms with Crippen LogP contribution in [-0.2, 0) is 16.1 Å². The first kappa shape index (κ1) is 15.1. The van der Waals surface area contributed by atoms with E-state index < -0.39 is 0 Å². The van der Waals surface area contributed by atoms with Crippen LogP contribution in [0, 0.1) is 0 Å². The summed E-state index contributed by atoms with van der Waals surface area (Å²) in [6, 6.07) is 7.59. The van der Waals surface area contributed by atoms with E-state index in [0.29, 0.717) is 5.69 Å². The maximum atomic E-state index is 11.6. The second-order valence-electron chi connectivity index (χ2n) is 4.47. The van der Waals surface area contributed by atoms with Crippen LogP contribution in [0.2, 0.25) is 0 Å². The molecule has 6 nitrogen and oxygen atoms in total. The van der Waals surface area contributed by atoms with E-state index >= 15 is 0 Å². The number of hydrogen-bond acceptors (Lipinski definition) is 4. The lowest BCUT2D eigenvalue weighted by Gasteiger charge is -2.11. The summed E-state index contributed by atoms with van der Waals surface area (Å²) in [6.45, 7) is 0.604. The highest BCUT2D eigenvalue weighted by Crippen LogP contribution is 2.11. The molecule has 1 aromatic carbocycles. The first-order chi connectivity index (χ1) is 9.01. The highest BCUT2D eigenvalue weighted by molar-refractivity contribution is 5.94. The molecule has 0 radical (unpaired) electrons. The molecule has 1 aromatic rings. The Morgan fingerprint density at radius 3 is 2.63 bits per heavy atom. The molecule has 0 saturated heterocycles. The summed E-state index contributed by atoms with van der Waals surface area (Å²) in [5.74, 6) is -0.625. The van der Waals surface area contributed by atoms with Gasteiger partial charge in [0.2, 0.25) is 11.8 Å². The molecule has 4 N–H and O–H groups in total. The van der Waals surface area contributed by atoms with Crippen molar-refractivity contribution in [1.82, 2.24) is 10.2 Å². The van der Waals surface area contributed by atoms with Crippen molar-refractivity contribution in [3.05, 3.63) is 29.8 Å². The normalized spacial score (nSPS) is 10.3. The molecule has 19 heavy (non-hydrogen) atoms. The second-order valence-corrected chi connectivity index (χ2v) is 4.47. The van der Waals surface area contributed by atoms with Gasteiger partial charge in [-0.3, -0.25) is 9.59 Å². The maximum Gasteiger partial charge on any atom is 0.243 e. The van der Waals surface area contributed by atoms with Gasteiger partial charge in [0.1, 0.15) is 0 Å². The molecule has 0 saturated carbocycles. The summed E-state index contributed by atoms with van der Waals surface area (Å²) in [5, 5.41) is 5.14. The zero-order valence-electron chi connectivity index (χ0n) is 11.3. The number of carbonyl (C=O) groups is 2. The first-order valence-corrected chi connectivity index (χ1v) is 6.01. The van der Waals surface area contributed by atoms with Crippen molar-refractivity contribution in [3.8, 4) is 0 Å². The third-order valence-corrected chi connectivity index (χ3v) is 2.34. The van der Waals surface area contributed by atoms with E-state index in [1.54, 1.807) is 0 Å². The molecule has 104 valence electrons. The Labute approximate surface area is 113 Å². The van der Waals surface area contributed by atoms with E-state index in [9.17, 15) is 9.59 Å². The number of rotatable bonds is 6. The van der Waals surface area contributed by atoms with Gasteiger partial charge in [-0.1, -0.05) is 12.1 Å². The minimum absolute atomic E-state index is 0.0755. The molecule has 0 aliphatic carbocycles. The lowest BCUT2D eigenvalue weighted by Crippen LogP contribution is -2.36. The molecule has 0 aliphatic heterocycles. The number of nitrogens with two attached hydrogens (primary N) is 1. The van der Waals surface area contributed by atoms with E-state index in [0.717, 1.165) is 12.1 Å². The smallest absolute Gasteiger partial charge is 0.243 e. The number of amides is 2. The molecule has 0 aromatic heterocycles. The van der Waals surface area contributed by atoms with E-state index in [1.165, 1.54) is 0 Å². The van der Waals surface area contributed by atoms with Gasteiger partial charge in [0.05, 0.1) is 13.1 Å². The van der Waals surface area contributed by atoms with Crippen molar-refractivity contribution in [2.75, 3.05) is 32.5 Å². The predicted octanol–water partition coefficient (Wildman–Crippen LogP) is -0.238. The Kier molecular flexibility index (Phi) is 5.98. The topological polar surface area (TPSA) is 87.5 Å². The van der Waals surface area contributed by atoms with Crippen LogP contribution in [0.3, 0.4) is 0 Å². The number of benzene rings is 1. The highest BCUT2D eigenvalue weighted by Gasteiger charge is 2.05. The number of nitrogens with one attached hydrogen (secondary N) is 2. The fourth-order valence-corrected chi connectivity index (χ4v) is 1.57. The molecular formula is C13H20N4O2. The number of nitrogens with zero attached hydrogens (tertiary/aromatic N) is 1. The van der Waals surface area contributed by atoms with Gasteiger partial charge in [-0.2, -0.15) is 0 Å². The molecule has 0 fully saturated rings. The molecule has 0 unspecified atom stereocenters. The Morgan fingerprint density at radius 2 is 2.00 bits per heavy atom. The Bertz CT molecular complexity index is 446. The molecule has 0 spiro atoms. The van der Waals surface area contributed by atoms with Crippen LogP contribution in [0.15, 0.2) is 24.3 Å². The van der Waals surface area contributed by atoms with Crippen molar-refractivity contribution in [3.63, 3.8) is 0 Å². The average molecular weight is 264 g/mol. The standard InChI is InChI=1S/C13H20N4O2/c1-17(2)9-10-4-3-5-11(6-10)16-13(19)8-15-12(18)7-14/h3-6H,7-9,14H2,1-2H3,(H,15,18)(H,16,19). The second kappa shape index (κ2) is 7.50. The molecule has 1 rings (SSSR count). The molecule has 0 atom stereocenters. The Morgan fingerprint density at radius 1 is 1.26 bits per heavy atom. The number of hydrogen-bond donors (Lipinski definition) is 3. The van der Waals surface area contributed by atoms with E-state index in [1.807, 2.05) is 43.3 Å². The molecular weight excluding hydrogens is 244 g/mol. The average Bonchev–Trinajstić information content (AvgIpc) is 2.35. The fourth-order valence-electron chi connectivity index (χ4n) is 1.57. The lowest BCUT2D eigenvalue weighted by molar-refractivity contribution is -0.123. The van der Waals surface area contributed by atoms with E-state index in [2.05, 4.69) is 10.6 Å². The molecule has 0 aliphatic rings. The zero-order chi connectivity index (χ0) is 14.3. The fraction of sp³-hybridized carbons (Fsp3) is 0.385. The lowest BCUT2D eigenvalue weighted by atomic mass is 10.2. The number of anilines is 1. The van der Waals surface area contributed by atoms with Gasteiger partial charge in [0.15, 0.2) is 0 Å². The minimum atomic E-state index is -0.350. The molecule has 2 amide bonds. The maximum absolute atomic E-state index is 11.6. The van der Waals surface area contributed by atoms with Crippen LogP contribution < -0.4 is 16.4 Å². The van der Waals surface area contributed by atoms with Gasteiger partial charge in [-0.15, -0.1) is 0 Å². The van der Waals surface area contributed by atoms with Gasteiger partial charge in [0, 0.05) is 12.2 Å². The number of carbonyl (C=O) groups excluding carboxylic acids is 2. The van der Waals surface area contributed by atoms with Crippen LogP contribution in [0.25, 0.3) is 0 Å². The molecule has 0 heterocycles.